The summed E-state index contributed by atoms with van der Waals surface area (Å²) in [6, 6.07) is 9.25. The van der Waals surface area contributed by atoms with Gasteiger partial charge in [-0.1, -0.05) is 36.7 Å². The monoisotopic (exact) mass is 441 g/mol. The minimum absolute atomic E-state index is 0.264. The van der Waals surface area contributed by atoms with Crippen LogP contribution in [0.2, 0.25) is 0 Å². The Morgan fingerprint density at radius 1 is 1.03 bits per heavy atom. The van der Waals surface area contributed by atoms with Gasteiger partial charge >= 0.3 is 0 Å². The van der Waals surface area contributed by atoms with Crippen molar-refractivity contribution in [1.29, 1.82) is 0 Å². The average molecular weight is 442 g/mol. The van der Waals surface area contributed by atoms with Crippen LogP contribution in [0.15, 0.2) is 41.8 Å². The maximum absolute atomic E-state index is 12.5. The average Bonchev–Trinajstić information content (AvgIpc) is 3.40. The van der Waals surface area contributed by atoms with Crippen LogP contribution in [-0.2, 0) is 18.6 Å². The zero-order valence-electron chi connectivity index (χ0n) is 16.4. The van der Waals surface area contributed by atoms with Crippen molar-refractivity contribution in [3.8, 4) is 0 Å². The highest BCUT2D eigenvalue weighted by Gasteiger charge is 2.16. The summed E-state index contributed by atoms with van der Waals surface area (Å²) in [5, 5.41) is 7.36. The number of hydrazine groups is 1. The summed E-state index contributed by atoms with van der Waals surface area (Å²) in [5.41, 5.74) is 7.90. The first-order valence-electron chi connectivity index (χ1n) is 9.98. The molecule has 0 bridgehead atoms. The molecule has 4 rings (SSSR count). The Kier molecular flexibility index (Phi) is 6.81. The second-order valence-electron chi connectivity index (χ2n) is 7.16. The molecule has 9 heteroatoms. The Morgan fingerprint density at radius 2 is 1.80 bits per heavy atom. The van der Waals surface area contributed by atoms with Gasteiger partial charge < -0.3 is 0 Å². The Hall–Kier alpha value is -2.65. The van der Waals surface area contributed by atoms with E-state index in [9.17, 15) is 9.59 Å². The molecule has 2 amide bonds. The number of amides is 2. The smallest absolute Gasteiger partial charge is 0.267 e. The van der Waals surface area contributed by atoms with Crippen molar-refractivity contribution in [3.63, 3.8) is 0 Å². The number of fused-ring (bicyclic) bond motifs is 1. The number of nitrogens with zero attached hydrogens (tertiary/aromatic N) is 2. The highest BCUT2D eigenvalue weighted by Crippen LogP contribution is 2.28. The number of carbonyl (C=O) groups excluding carboxylic acids is 2. The summed E-state index contributed by atoms with van der Waals surface area (Å²) < 4.78 is 0. The SMILES string of the molecule is O=C(NNC(=O)c1cc2c(s1)CCCCCC2)c1ccc(CSc2ncn[nH]2)cc1. The molecule has 1 aromatic carbocycles. The molecule has 30 heavy (non-hydrogen) atoms. The van der Waals surface area contributed by atoms with Gasteiger partial charge in [-0.15, -0.1) is 11.3 Å². The molecule has 7 nitrogen and oxygen atoms in total. The van der Waals surface area contributed by atoms with E-state index >= 15 is 0 Å². The Labute approximate surface area is 183 Å². The number of hydrogen-bond donors (Lipinski definition) is 3. The van der Waals surface area contributed by atoms with E-state index in [-0.39, 0.29) is 11.8 Å². The van der Waals surface area contributed by atoms with Crippen LogP contribution in [-0.4, -0.2) is 27.0 Å². The van der Waals surface area contributed by atoms with Gasteiger partial charge in [0, 0.05) is 16.2 Å². The predicted molar refractivity (Wildman–Crippen MR) is 118 cm³/mol. The number of rotatable bonds is 5. The molecule has 3 N–H and O–H groups in total. The van der Waals surface area contributed by atoms with Crippen LogP contribution in [0, 0.1) is 0 Å². The summed E-state index contributed by atoms with van der Waals surface area (Å²) >= 11 is 3.08. The third kappa shape index (κ3) is 5.28. The number of aromatic amines is 1. The minimum Gasteiger partial charge on any atom is -0.267 e. The van der Waals surface area contributed by atoms with Crippen LogP contribution in [0.25, 0.3) is 0 Å². The van der Waals surface area contributed by atoms with Crippen LogP contribution in [0.5, 0.6) is 0 Å². The number of nitrogens with one attached hydrogen (secondary N) is 3. The van der Waals surface area contributed by atoms with Gasteiger partial charge in [0.2, 0.25) is 0 Å². The molecule has 3 aromatic rings. The van der Waals surface area contributed by atoms with Crippen molar-refractivity contribution in [2.45, 2.75) is 49.4 Å². The number of hydrogen-bond acceptors (Lipinski definition) is 6. The van der Waals surface area contributed by atoms with Gasteiger partial charge in [0.05, 0.1) is 4.88 Å². The summed E-state index contributed by atoms with van der Waals surface area (Å²) in [5.74, 6) is 0.115. The minimum atomic E-state index is -0.340. The molecule has 1 aliphatic rings. The normalized spacial score (nSPS) is 13.7. The zero-order valence-corrected chi connectivity index (χ0v) is 18.1. The summed E-state index contributed by atoms with van der Waals surface area (Å²) in [6.07, 6.45) is 8.41. The Bertz CT molecular complexity index is 974. The first-order valence-corrected chi connectivity index (χ1v) is 11.8. The lowest BCUT2D eigenvalue weighted by molar-refractivity contribution is 0.0849. The summed E-state index contributed by atoms with van der Waals surface area (Å²) in [4.78, 5) is 30.9. The van der Waals surface area contributed by atoms with Crippen LogP contribution in [0.3, 0.4) is 0 Å². The molecule has 0 spiro atoms. The van der Waals surface area contributed by atoms with Crippen LogP contribution < -0.4 is 10.9 Å². The van der Waals surface area contributed by atoms with Gasteiger partial charge in [-0.05, 0) is 55.0 Å². The highest BCUT2D eigenvalue weighted by molar-refractivity contribution is 7.98. The summed E-state index contributed by atoms with van der Waals surface area (Å²) in [7, 11) is 0. The highest BCUT2D eigenvalue weighted by atomic mass is 32.2. The van der Waals surface area contributed by atoms with Gasteiger partial charge in [0.1, 0.15) is 6.33 Å². The largest absolute Gasteiger partial charge is 0.279 e. The van der Waals surface area contributed by atoms with Crippen molar-refractivity contribution < 1.29 is 9.59 Å². The van der Waals surface area contributed by atoms with E-state index in [1.807, 2.05) is 18.2 Å². The number of aromatic nitrogens is 3. The lowest BCUT2D eigenvalue weighted by atomic mass is 10.00. The van der Waals surface area contributed by atoms with E-state index in [0.29, 0.717) is 10.4 Å². The number of aryl methyl sites for hydroxylation is 2. The van der Waals surface area contributed by atoms with Crippen molar-refractivity contribution in [2.24, 2.45) is 0 Å². The third-order valence-corrected chi connectivity index (χ3v) is 7.18. The maximum atomic E-state index is 12.5. The van der Waals surface area contributed by atoms with Gasteiger partial charge in [-0.3, -0.25) is 25.5 Å². The van der Waals surface area contributed by atoms with Crippen molar-refractivity contribution in [3.05, 3.63) is 63.1 Å². The van der Waals surface area contributed by atoms with E-state index in [1.54, 1.807) is 23.5 Å². The third-order valence-electron chi connectivity index (χ3n) is 4.99. The maximum Gasteiger partial charge on any atom is 0.279 e. The van der Waals surface area contributed by atoms with Crippen LogP contribution in [0.1, 0.15) is 61.7 Å². The number of benzene rings is 1. The zero-order chi connectivity index (χ0) is 20.8. The molecule has 0 aliphatic heterocycles. The molecule has 0 saturated heterocycles. The standard InChI is InChI=1S/C21H23N5O2S2/c27-19(15-9-7-14(8-10-15)12-29-21-22-13-23-26-21)24-25-20(28)18-11-16-5-3-1-2-4-6-17(16)30-18/h7-11,13H,1-6,12H2,(H,24,27)(H,25,28)(H,22,23,26). The van der Waals surface area contributed by atoms with E-state index in [0.717, 1.165) is 29.3 Å². The van der Waals surface area contributed by atoms with Crippen molar-refractivity contribution in [2.75, 3.05) is 0 Å². The molecule has 0 atom stereocenters. The molecular weight excluding hydrogens is 418 g/mol. The molecule has 0 radical (unpaired) electrons. The Morgan fingerprint density at radius 3 is 2.57 bits per heavy atom. The van der Waals surface area contributed by atoms with Crippen LogP contribution in [0.4, 0.5) is 0 Å². The lowest BCUT2D eigenvalue weighted by Crippen LogP contribution is -2.41. The number of thiophene rings is 1. The van der Waals surface area contributed by atoms with E-state index in [4.69, 9.17) is 0 Å². The van der Waals surface area contributed by atoms with Gasteiger partial charge in [0.25, 0.3) is 11.8 Å². The number of carbonyl (C=O) groups is 2. The van der Waals surface area contributed by atoms with Gasteiger partial charge in [0.15, 0.2) is 5.16 Å². The molecular formula is C21H23N5O2S2. The fourth-order valence-corrected chi connectivity index (χ4v) is 5.25. The van der Waals surface area contributed by atoms with Gasteiger partial charge in [-0.2, -0.15) is 5.10 Å². The molecule has 2 heterocycles. The second-order valence-corrected chi connectivity index (χ2v) is 9.26. The molecule has 2 aromatic heterocycles. The predicted octanol–water partition coefficient (Wildman–Crippen LogP) is 3.89. The molecule has 0 unspecified atom stereocenters. The quantitative estimate of drug-likeness (QED) is 0.412. The molecule has 1 aliphatic carbocycles. The first kappa shape index (κ1) is 20.6. The van der Waals surface area contributed by atoms with Crippen molar-refractivity contribution in [1.82, 2.24) is 26.0 Å². The second kappa shape index (κ2) is 9.90. The van der Waals surface area contributed by atoms with E-state index in [1.165, 1.54) is 54.2 Å². The molecule has 0 saturated carbocycles. The first-order chi connectivity index (χ1) is 14.7. The summed E-state index contributed by atoms with van der Waals surface area (Å²) in [6.45, 7) is 0. The Balaban J connectivity index is 1.29. The lowest BCUT2D eigenvalue weighted by Gasteiger charge is -2.07. The topological polar surface area (TPSA) is 99.8 Å². The van der Waals surface area contributed by atoms with E-state index < -0.39 is 0 Å². The fourth-order valence-electron chi connectivity index (χ4n) is 3.37. The fraction of sp³-hybridized carbons (Fsp3) is 0.333. The van der Waals surface area contributed by atoms with Crippen LogP contribution >= 0.6 is 23.1 Å². The molecule has 0 fully saturated rings. The van der Waals surface area contributed by atoms with Gasteiger partial charge in [-0.25, -0.2) is 4.98 Å². The van der Waals surface area contributed by atoms with E-state index in [2.05, 4.69) is 26.0 Å². The number of thioether (sulfide) groups is 1. The van der Waals surface area contributed by atoms with Crippen molar-refractivity contribution >= 4 is 34.9 Å². The number of H-pyrrole nitrogens is 1. The molecule has 156 valence electrons.